The first-order valence-electron chi connectivity index (χ1n) is 9.84. The lowest BCUT2D eigenvalue weighted by atomic mass is 9.87. The summed E-state index contributed by atoms with van der Waals surface area (Å²) in [6.45, 7) is 6.55. The molecule has 1 aromatic carbocycles. The van der Waals surface area contributed by atoms with Crippen LogP contribution in [0.25, 0.3) is 22.4 Å². The molecule has 158 valence electrons. The Hall–Kier alpha value is -1.77. The van der Waals surface area contributed by atoms with Crippen molar-refractivity contribution >= 4 is 28.4 Å². The first kappa shape index (κ1) is 21.5. The van der Waals surface area contributed by atoms with Crippen molar-refractivity contribution in [3.8, 4) is 34.0 Å². The van der Waals surface area contributed by atoms with E-state index >= 15 is 0 Å². The molecule has 3 atom stereocenters. The molecule has 1 aliphatic rings. The number of hydrogen-bond acceptors (Lipinski definition) is 6. The summed E-state index contributed by atoms with van der Waals surface area (Å²) >= 11 is 2.28. The molecular weight excluding hydrogens is 512 g/mol. The number of phenols is 1. The van der Waals surface area contributed by atoms with Gasteiger partial charge in [0.15, 0.2) is 0 Å². The zero-order chi connectivity index (χ0) is 21.3. The molecule has 2 N–H and O–H groups in total. The van der Waals surface area contributed by atoms with E-state index in [-0.39, 0.29) is 17.4 Å². The van der Waals surface area contributed by atoms with Gasteiger partial charge >= 0.3 is 0 Å². The smallest absolute Gasteiger partial charge is 0.232 e. The second kappa shape index (κ2) is 8.77. The van der Waals surface area contributed by atoms with Gasteiger partial charge < -0.3 is 15.2 Å². The molecule has 1 fully saturated rings. The second-order valence-corrected chi connectivity index (χ2v) is 10.4. The van der Waals surface area contributed by atoms with Crippen molar-refractivity contribution in [3.05, 3.63) is 43.0 Å². The van der Waals surface area contributed by atoms with Gasteiger partial charge in [0.25, 0.3) is 0 Å². The van der Waals surface area contributed by atoms with Gasteiger partial charge in [-0.1, -0.05) is 6.07 Å². The highest BCUT2D eigenvalue weighted by Crippen LogP contribution is 2.34. The lowest BCUT2D eigenvalue weighted by molar-refractivity contribution is 0.0860. The number of hydrogen-bond donors (Lipinski definition) is 2. The average molecular weight is 537 g/mol. The molecule has 0 bridgehead atoms. The number of piperidine rings is 1. The number of aromatic hydroxyl groups is 1. The summed E-state index contributed by atoms with van der Waals surface area (Å²) in [5.41, 5.74) is 3.16. The zero-order valence-electron chi connectivity index (χ0n) is 17.1. The van der Waals surface area contributed by atoms with E-state index in [0.717, 1.165) is 24.0 Å². The third-order valence-electron chi connectivity index (χ3n) is 5.18. The number of benzene rings is 1. The van der Waals surface area contributed by atoms with Crippen LogP contribution in [0.2, 0.25) is 0 Å². The van der Waals surface area contributed by atoms with Crippen LogP contribution in [-0.4, -0.2) is 42.3 Å². The minimum absolute atomic E-state index is 0.0386. The van der Waals surface area contributed by atoms with Gasteiger partial charge in [0, 0.05) is 35.3 Å². The minimum atomic E-state index is 0.0386. The Kier molecular flexibility index (Phi) is 6.27. The van der Waals surface area contributed by atoms with Crippen molar-refractivity contribution in [2.24, 2.45) is 0 Å². The van der Waals surface area contributed by atoms with Crippen molar-refractivity contribution < 1.29 is 9.84 Å². The molecule has 2 aromatic heterocycles. The normalized spacial score (nSPS) is 21.2. The summed E-state index contributed by atoms with van der Waals surface area (Å²) < 4.78 is 7.96. The topological polar surface area (TPSA) is 85.1 Å². The number of nitrogens with zero attached hydrogens (tertiary/aromatic N) is 4. The minimum Gasteiger partial charge on any atom is -0.507 e. The van der Waals surface area contributed by atoms with Crippen molar-refractivity contribution in [2.45, 2.75) is 51.3 Å². The first-order chi connectivity index (χ1) is 14.3. The predicted octanol–water partition coefficient (Wildman–Crippen LogP) is 4.80. The van der Waals surface area contributed by atoms with Gasteiger partial charge in [-0.15, -0.1) is 0 Å². The van der Waals surface area contributed by atoms with E-state index in [1.54, 1.807) is 24.7 Å². The lowest BCUT2D eigenvalue weighted by Gasteiger charge is -2.40. The van der Waals surface area contributed by atoms with Crippen LogP contribution >= 0.6 is 28.4 Å². The van der Waals surface area contributed by atoms with Gasteiger partial charge in [-0.05, 0) is 66.9 Å². The Morgan fingerprint density at radius 1 is 1.23 bits per heavy atom. The molecule has 1 aliphatic heterocycles. The molecule has 9 heteroatoms. The number of rotatable bonds is 5. The monoisotopic (exact) mass is 537 g/mol. The van der Waals surface area contributed by atoms with Crippen molar-refractivity contribution in [1.82, 2.24) is 24.8 Å². The first-order valence-corrected chi connectivity index (χ1v) is 13.9. The molecule has 0 amide bonds. The van der Waals surface area contributed by atoms with E-state index in [0.29, 0.717) is 29.6 Å². The van der Waals surface area contributed by atoms with E-state index in [1.165, 1.54) is 0 Å². The van der Waals surface area contributed by atoms with Crippen LogP contribution in [0.5, 0.6) is 11.6 Å². The van der Waals surface area contributed by atoms with Crippen LogP contribution in [-0.2, 0) is 0 Å². The maximum absolute atomic E-state index is 10.6. The summed E-state index contributed by atoms with van der Waals surface area (Å²) in [5.74, 6) is 0.672. The molecule has 7 nitrogen and oxygen atoms in total. The standard InChI is InChI=1S/C21H25IN5O2P/c1-13-6-16(8-21(2,3)26-13)29-20-11-23-18(10-24-20)17-5-4-14(7-19(17)28)15-9-25-27(12-15)30-22/h4-5,7,9-13,16,26,28,30H,6,8H2,1-3H3. The average Bonchev–Trinajstić information content (AvgIpc) is 3.16. The van der Waals surface area contributed by atoms with Crippen LogP contribution in [0.1, 0.15) is 33.6 Å². The number of ether oxygens (including phenoxy) is 1. The van der Waals surface area contributed by atoms with Gasteiger partial charge in [0.2, 0.25) is 5.88 Å². The fourth-order valence-corrected chi connectivity index (χ4v) is 5.14. The molecule has 3 heterocycles. The molecule has 3 unspecified atom stereocenters. The third-order valence-corrected chi connectivity index (χ3v) is 7.08. The Bertz CT molecular complexity index is 1020. The summed E-state index contributed by atoms with van der Waals surface area (Å²) in [6, 6.07) is 5.94. The number of halogens is 1. The molecule has 0 aliphatic carbocycles. The number of aromatic nitrogens is 4. The maximum atomic E-state index is 10.6. The van der Waals surface area contributed by atoms with Gasteiger partial charge in [-0.25, -0.2) is 14.4 Å². The molecule has 0 spiro atoms. The van der Waals surface area contributed by atoms with Gasteiger partial charge in [-0.3, -0.25) is 0 Å². The molecule has 0 saturated carbocycles. The van der Waals surface area contributed by atoms with Gasteiger partial charge in [0.1, 0.15) is 11.9 Å². The molecule has 30 heavy (non-hydrogen) atoms. The molecule has 3 aromatic rings. The van der Waals surface area contributed by atoms with Crippen LogP contribution < -0.4 is 10.1 Å². The molecule has 0 radical (unpaired) electrons. The van der Waals surface area contributed by atoms with Crippen molar-refractivity contribution in [2.75, 3.05) is 0 Å². The van der Waals surface area contributed by atoms with Crippen molar-refractivity contribution in [3.63, 3.8) is 0 Å². The Balaban J connectivity index is 1.48. The Morgan fingerprint density at radius 3 is 2.70 bits per heavy atom. The molecular formula is C21H25IN5O2P. The Labute approximate surface area is 191 Å². The van der Waals surface area contributed by atoms with Gasteiger partial charge in [0.05, 0.1) is 30.7 Å². The Morgan fingerprint density at radius 2 is 2.07 bits per heavy atom. The second-order valence-electron chi connectivity index (χ2n) is 8.34. The highest BCUT2D eigenvalue weighted by Gasteiger charge is 2.32. The van der Waals surface area contributed by atoms with Crippen LogP contribution in [0.3, 0.4) is 0 Å². The molecule has 4 rings (SSSR count). The largest absolute Gasteiger partial charge is 0.507 e. The fraction of sp³-hybridized carbons (Fsp3) is 0.381. The summed E-state index contributed by atoms with van der Waals surface area (Å²) in [6.07, 6.45) is 9.54. The zero-order valence-corrected chi connectivity index (χ0v) is 20.3. The SMILES string of the molecule is CC1CC(Oc2cnc(-c3ccc(-c4cnn(PI)c4)cc3O)cn2)CC(C)(C)N1. The van der Waals surface area contributed by atoms with E-state index in [1.807, 2.05) is 22.8 Å². The number of nitrogens with one attached hydrogen (secondary N) is 1. The van der Waals surface area contributed by atoms with E-state index in [2.05, 4.69) is 63.2 Å². The van der Waals surface area contributed by atoms with E-state index < -0.39 is 0 Å². The summed E-state index contributed by atoms with van der Waals surface area (Å²) in [7, 11) is 0. The summed E-state index contributed by atoms with van der Waals surface area (Å²) in [4.78, 5) is 8.90. The highest BCUT2D eigenvalue weighted by molar-refractivity contribution is 14.2. The van der Waals surface area contributed by atoms with Crippen LogP contribution in [0, 0.1) is 0 Å². The third kappa shape index (κ3) is 4.92. The molecule has 1 saturated heterocycles. The van der Waals surface area contributed by atoms with E-state index in [4.69, 9.17) is 4.74 Å². The highest BCUT2D eigenvalue weighted by atomic mass is 127. The summed E-state index contributed by atoms with van der Waals surface area (Å²) in [5, 5.41) is 18.4. The lowest BCUT2D eigenvalue weighted by Crippen LogP contribution is -2.53. The van der Waals surface area contributed by atoms with Gasteiger partial charge in [-0.2, -0.15) is 5.10 Å². The quantitative estimate of drug-likeness (QED) is 0.360. The predicted molar refractivity (Wildman–Crippen MR) is 128 cm³/mol. The van der Waals surface area contributed by atoms with Crippen LogP contribution in [0.4, 0.5) is 0 Å². The van der Waals surface area contributed by atoms with Crippen LogP contribution in [0.15, 0.2) is 43.0 Å². The maximum Gasteiger partial charge on any atom is 0.232 e. The van der Waals surface area contributed by atoms with E-state index in [9.17, 15) is 5.11 Å². The number of phenolic OH excluding ortho intramolecular Hbond substituents is 1. The van der Waals surface area contributed by atoms with Crippen molar-refractivity contribution in [1.29, 1.82) is 0 Å². The fourth-order valence-electron chi connectivity index (χ4n) is 4.05.